The monoisotopic (exact) mass is 283 g/mol. The minimum absolute atomic E-state index is 0.0432. The van der Waals surface area contributed by atoms with Crippen LogP contribution >= 0.6 is 0 Å². The first-order valence-corrected chi connectivity index (χ1v) is 6.38. The van der Waals surface area contributed by atoms with E-state index in [9.17, 15) is 4.79 Å². The van der Waals surface area contributed by atoms with Crippen LogP contribution in [0.4, 0.5) is 0 Å². The molecular weight excluding hydrogens is 270 g/mol. The van der Waals surface area contributed by atoms with Gasteiger partial charge in [0.15, 0.2) is 5.52 Å². The Balaban J connectivity index is 1.93. The van der Waals surface area contributed by atoms with Gasteiger partial charge in [-0.25, -0.2) is 9.97 Å². The molecule has 1 aromatic carbocycles. The maximum atomic E-state index is 10.7. The Hall–Kier alpha value is -2.89. The van der Waals surface area contributed by atoms with Crippen molar-refractivity contribution in [1.29, 1.82) is 0 Å². The summed E-state index contributed by atoms with van der Waals surface area (Å²) in [4.78, 5) is 19.2. The molecule has 0 bridgehead atoms. The van der Waals surface area contributed by atoms with E-state index in [1.165, 1.54) is 0 Å². The number of pyridine rings is 1. The highest BCUT2D eigenvalue weighted by Crippen LogP contribution is 2.26. The van der Waals surface area contributed by atoms with E-state index in [2.05, 4.69) is 9.97 Å². The molecule has 0 atom stereocenters. The van der Waals surface area contributed by atoms with Crippen LogP contribution < -0.4 is 4.74 Å². The van der Waals surface area contributed by atoms with Crippen LogP contribution in [-0.2, 0) is 18.3 Å². The first-order valence-electron chi connectivity index (χ1n) is 6.38. The molecule has 3 rings (SSSR count). The molecule has 0 spiro atoms. The third-order valence-corrected chi connectivity index (χ3v) is 3.08. The number of hydrogen-bond acceptors (Lipinski definition) is 4. The van der Waals surface area contributed by atoms with Crippen molar-refractivity contribution >= 4 is 17.0 Å². The molecule has 0 radical (unpaired) electrons. The molecule has 0 unspecified atom stereocenters. The Labute approximate surface area is 120 Å². The second-order valence-electron chi connectivity index (χ2n) is 4.66. The number of carboxylic acids is 1. The molecule has 1 N–H and O–H groups in total. The molecule has 6 heteroatoms. The fourth-order valence-corrected chi connectivity index (χ4v) is 2.12. The molecule has 0 fully saturated rings. The van der Waals surface area contributed by atoms with Gasteiger partial charge >= 0.3 is 5.97 Å². The molecule has 0 saturated heterocycles. The predicted octanol–water partition coefficient (Wildman–Crippen LogP) is 2.39. The second kappa shape index (κ2) is 5.24. The van der Waals surface area contributed by atoms with Crippen LogP contribution in [0.15, 0.2) is 42.9 Å². The average molecular weight is 283 g/mol. The van der Waals surface area contributed by atoms with Crippen LogP contribution in [0.5, 0.6) is 11.6 Å². The topological polar surface area (TPSA) is 77.2 Å². The quantitative estimate of drug-likeness (QED) is 0.795. The van der Waals surface area contributed by atoms with Crippen molar-refractivity contribution in [2.24, 2.45) is 7.05 Å². The van der Waals surface area contributed by atoms with Crippen molar-refractivity contribution in [1.82, 2.24) is 14.5 Å². The molecule has 0 aliphatic heterocycles. The summed E-state index contributed by atoms with van der Waals surface area (Å²) in [7, 11) is 1.90. The van der Waals surface area contributed by atoms with Crippen molar-refractivity contribution in [3.05, 3.63) is 48.4 Å². The van der Waals surface area contributed by atoms with E-state index in [4.69, 9.17) is 9.84 Å². The van der Waals surface area contributed by atoms with Gasteiger partial charge in [0.25, 0.3) is 0 Å². The van der Waals surface area contributed by atoms with Crippen LogP contribution in [0.25, 0.3) is 11.0 Å². The third kappa shape index (κ3) is 2.69. The highest BCUT2D eigenvalue weighted by Gasteiger charge is 2.10. The van der Waals surface area contributed by atoms with Crippen molar-refractivity contribution in [3.63, 3.8) is 0 Å². The van der Waals surface area contributed by atoms with E-state index in [0.717, 1.165) is 5.52 Å². The van der Waals surface area contributed by atoms with Crippen molar-refractivity contribution in [3.8, 4) is 11.6 Å². The van der Waals surface area contributed by atoms with Gasteiger partial charge in [0.05, 0.1) is 18.3 Å². The lowest BCUT2D eigenvalue weighted by Gasteiger charge is -2.06. The van der Waals surface area contributed by atoms with Crippen molar-refractivity contribution in [2.45, 2.75) is 6.42 Å². The lowest BCUT2D eigenvalue weighted by Crippen LogP contribution is -2.00. The molecule has 3 aromatic rings. The molecule has 2 aromatic heterocycles. The number of nitrogens with zero attached hydrogens (tertiary/aromatic N) is 3. The molecule has 0 aliphatic rings. The highest BCUT2D eigenvalue weighted by atomic mass is 16.5. The number of aliphatic carboxylic acids is 1. The summed E-state index contributed by atoms with van der Waals surface area (Å²) in [5.41, 5.74) is 2.26. The van der Waals surface area contributed by atoms with Crippen LogP contribution in [0.3, 0.4) is 0 Å². The Morgan fingerprint density at radius 2 is 2.19 bits per heavy atom. The van der Waals surface area contributed by atoms with E-state index < -0.39 is 5.97 Å². The summed E-state index contributed by atoms with van der Waals surface area (Å²) >= 11 is 0. The molecule has 2 heterocycles. The smallest absolute Gasteiger partial charge is 0.307 e. The van der Waals surface area contributed by atoms with Gasteiger partial charge in [0.1, 0.15) is 5.75 Å². The summed E-state index contributed by atoms with van der Waals surface area (Å²) in [5, 5.41) is 8.83. The molecule has 106 valence electrons. The van der Waals surface area contributed by atoms with Crippen LogP contribution in [-0.4, -0.2) is 25.6 Å². The molecule has 6 nitrogen and oxygen atoms in total. The number of carboxylic acid groups (broad SMARTS) is 1. The van der Waals surface area contributed by atoms with E-state index in [0.29, 0.717) is 22.7 Å². The standard InChI is InChI=1S/C15H13N3O3/c1-18-9-17-14-12(18)5-6-16-15(14)21-11-4-2-3-10(7-11)8-13(19)20/h2-7,9H,8H2,1H3,(H,19,20). The first-order chi connectivity index (χ1) is 10.1. The van der Waals surface area contributed by atoms with Gasteiger partial charge in [-0.05, 0) is 23.8 Å². The van der Waals surface area contributed by atoms with Crippen LogP contribution in [0, 0.1) is 0 Å². The summed E-state index contributed by atoms with van der Waals surface area (Å²) < 4.78 is 7.63. The molecular formula is C15H13N3O3. The van der Waals surface area contributed by atoms with Crippen molar-refractivity contribution in [2.75, 3.05) is 0 Å². The van der Waals surface area contributed by atoms with Gasteiger partial charge in [0.2, 0.25) is 5.88 Å². The summed E-state index contributed by atoms with van der Waals surface area (Å²) in [6, 6.07) is 8.81. The third-order valence-electron chi connectivity index (χ3n) is 3.08. The van der Waals surface area contributed by atoms with E-state index in [1.807, 2.05) is 17.7 Å². The fraction of sp³-hybridized carbons (Fsp3) is 0.133. The van der Waals surface area contributed by atoms with E-state index in [-0.39, 0.29) is 6.42 Å². The Bertz CT molecular complexity index is 811. The number of aryl methyl sites for hydroxylation is 1. The lowest BCUT2D eigenvalue weighted by molar-refractivity contribution is -0.136. The first kappa shape index (κ1) is 13.1. The summed E-state index contributed by atoms with van der Waals surface area (Å²) in [5.74, 6) is 0.0667. The number of aromatic nitrogens is 3. The van der Waals surface area contributed by atoms with Crippen LogP contribution in [0.2, 0.25) is 0 Å². The average Bonchev–Trinajstić information content (AvgIpc) is 2.82. The number of imidazole rings is 1. The molecule has 0 saturated carbocycles. The number of ether oxygens (including phenoxy) is 1. The number of hydrogen-bond donors (Lipinski definition) is 1. The number of carbonyl (C=O) groups is 1. The summed E-state index contributed by atoms with van der Waals surface area (Å²) in [6.07, 6.45) is 3.30. The zero-order valence-electron chi connectivity index (χ0n) is 11.4. The van der Waals surface area contributed by atoms with Gasteiger partial charge in [-0.2, -0.15) is 0 Å². The normalized spacial score (nSPS) is 10.7. The zero-order valence-corrected chi connectivity index (χ0v) is 11.4. The summed E-state index contributed by atoms with van der Waals surface area (Å²) in [6.45, 7) is 0. The Kier molecular flexibility index (Phi) is 3.27. The highest BCUT2D eigenvalue weighted by molar-refractivity contribution is 5.80. The van der Waals surface area contributed by atoms with E-state index in [1.54, 1.807) is 36.8 Å². The second-order valence-corrected chi connectivity index (χ2v) is 4.66. The van der Waals surface area contributed by atoms with Gasteiger partial charge in [-0.15, -0.1) is 0 Å². The maximum absolute atomic E-state index is 10.7. The predicted molar refractivity (Wildman–Crippen MR) is 76.4 cm³/mol. The van der Waals surface area contributed by atoms with Crippen molar-refractivity contribution < 1.29 is 14.6 Å². The molecule has 21 heavy (non-hydrogen) atoms. The number of rotatable bonds is 4. The zero-order chi connectivity index (χ0) is 14.8. The van der Waals surface area contributed by atoms with Gasteiger partial charge in [-0.1, -0.05) is 12.1 Å². The number of benzene rings is 1. The lowest BCUT2D eigenvalue weighted by atomic mass is 10.1. The number of fused-ring (bicyclic) bond motifs is 1. The fourth-order valence-electron chi connectivity index (χ4n) is 2.12. The maximum Gasteiger partial charge on any atom is 0.307 e. The Morgan fingerprint density at radius 3 is 3.00 bits per heavy atom. The minimum atomic E-state index is -0.878. The minimum Gasteiger partial charge on any atom is -0.481 e. The largest absolute Gasteiger partial charge is 0.481 e. The molecule has 0 amide bonds. The molecule has 0 aliphatic carbocycles. The SMILES string of the molecule is Cn1cnc2c(Oc3cccc(CC(=O)O)c3)nccc21. The van der Waals surface area contributed by atoms with E-state index >= 15 is 0 Å². The van der Waals surface area contributed by atoms with Gasteiger partial charge < -0.3 is 14.4 Å². The van der Waals surface area contributed by atoms with Gasteiger partial charge in [0, 0.05) is 13.2 Å². The van der Waals surface area contributed by atoms with Gasteiger partial charge in [-0.3, -0.25) is 4.79 Å². The Morgan fingerprint density at radius 1 is 1.33 bits per heavy atom. The van der Waals surface area contributed by atoms with Crippen LogP contribution in [0.1, 0.15) is 5.56 Å².